The summed E-state index contributed by atoms with van der Waals surface area (Å²) in [4.78, 5) is 15.3. The topological polar surface area (TPSA) is 65.2 Å². The lowest BCUT2D eigenvalue weighted by Gasteiger charge is -2.18. The number of hydrogen-bond donors (Lipinski definition) is 0. The molecule has 0 radical (unpaired) electrons. The number of nitrogens with zero attached hydrogens (tertiary/aromatic N) is 5. The van der Waals surface area contributed by atoms with Crippen molar-refractivity contribution >= 4 is 23.5 Å². The molecule has 1 aliphatic carbocycles. The normalized spacial score (nSPS) is 17.9. The Morgan fingerprint density at radius 2 is 2.00 bits per heavy atom. The first-order chi connectivity index (χ1) is 14.0. The van der Waals surface area contributed by atoms with Gasteiger partial charge in [0.2, 0.25) is 5.95 Å². The number of carbonyl (C=O) groups is 1. The molecule has 7 nitrogen and oxygen atoms in total. The molecule has 8 heteroatoms. The van der Waals surface area contributed by atoms with Crippen molar-refractivity contribution in [3.05, 3.63) is 23.0 Å². The lowest BCUT2D eigenvalue weighted by atomic mass is 10.2. The van der Waals surface area contributed by atoms with Crippen LogP contribution < -0.4 is 4.90 Å². The average molecular weight is 418 g/mol. The molecule has 0 amide bonds. The zero-order valence-corrected chi connectivity index (χ0v) is 18.7. The molecule has 0 bridgehead atoms. The number of aromatic nitrogens is 4. The number of Topliss-reactive ketones (excluding diaryl/α,β-unsaturated/α-hetero) is 1. The highest BCUT2D eigenvalue weighted by Gasteiger charge is 2.32. The van der Waals surface area contributed by atoms with Gasteiger partial charge in [0.15, 0.2) is 10.9 Å². The molecule has 3 heterocycles. The number of anilines is 1. The number of ether oxygens (including phenoxy) is 1. The van der Waals surface area contributed by atoms with E-state index in [4.69, 9.17) is 4.74 Å². The Bertz CT molecular complexity index is 880. The van der Waals surface area contributed by atoms with Crippen LogP contribution in [0.1, 0.15) is 66.4 Å². The number of aryl methyl sites for hydroxylation is 1. The summed E-state index contributed by atoms with van der Waals surface area (Å²) in [5.41, 5.74) is 2.91. The van der Waals surface area contributed by atoms with Crippen LogP contribution in [0.4, 0.5) is 5.95 Å². The maximum Gasteiger partial charge on any atom is 0.228 e. The highest BCUT2D eigenvalue weighted by molar-refractivity contribution is 7.99. The zero-order chi connectivity index (χ0) is 20.5. The molecule has 1 aliphatic heterocycles. The molecule has 1 unspecified atom stereocenters. The van der Waals surface area contributed by atoms with Gasteiger partial charge in [0.1, 0.15) is 0 Å². The summed E-state index contributed by atoms with van der Waals surface area (Å²) >= 11 is 1.52. The number of hydrogen-bond acceptors (Lipinski definition) is 6. The first kappa shape index (κ1) is 20.5. The maximum absolute atomic E-state index is 13.0. The molecule has 2 aliphatic rings. The van der Waals surface area contributed by atoms with Crippen LogP contribution >= 0.6 is 11.8 Å². The van der Waals surface area contributed by atoms with E-state index in [1.807, 2.05) is 13.0 Å². The van der Waals surface area contributed by atoms with Crippen LogP contribution in [-0.2, 0) is 4.74 Å². The number of methoxy groups -OCH3 is 1. The fourth-order valence-corrected chi connectivity index (χ4v) is 5.30. The predicted molar refractivity (Wildman–Crippen MR) is 115 cm³/mol. The molecule has 158 valence electrons. The number of thioether (sulfide) groups is 1. The molecule has 2 aromatic rings. The van der Waals surface area contributed by atoms with Crippen molar-refractivity contribution in [1.82, 2.24) is 19.3 Å². The summed E-state index contributed by atoms with van der Waals surface area (Å²) in [5, 5.41) is 9.80. The third kappa shape index (κ3) is 4.10. The highest BCUT2D eigenvalue weighted by Crippen LogP contribution is 2.41. The fourth-order valence-electron chi connectivity index (χ4n) is 4.41. The van der Waals surface area contributed by atoms with Crippen LogP contribution in [0.2, 0.25) is 0 Å². The summed E-state index contributed by atoms with van der Waals surface area (Å²) in [7, 11) is 1.71. The molecule has 2 aromatic heterocycles. The Labute approximate surface area is 176 Å². The second-order valence-electron chi connectivity index (χ2n) is 8.25. The van der Waals surface area contributed by atoms with Gasteiger partial charge < -0.3 is 14.2 Å². The van der Waals surface area contributed by atoms with Gasteiger partial charge in [-0.25, -0.2) is 0 Å². The quantitative estimate of drug-likeness (QED) is 0.457. The Morgan fingerprint density at radius 1 is 1.28 bits per heavy atom. The van der Waals surface area contributed by atoms with E-state index in [0.717, 1.165) is 41.1 Å². The van der Waals surface area contributed by atoms with Gasteiger partial charge in [0, 0.05) is 43.2 Å². The second-order valence-corrected chi connectivity index (χ2v) is 9.19. The lowest BCUT2D eigenvalue weighted by Crippen LogP contribution is -2.22. The maximum atomic E-state index is 13.0. The minimum absolute atomic E-state index is 0.145. The van der Waals surface area contributed by atoms with Crippen LogP contribution in [-0.4, -0.2) is 57.7 Å². The Morgan fingerprint density at radius 3 is 2.66 bits per heavy atom. The van der Waals surface area contributed by atoms with Gasteiger partial charge in [-0.3, -0.25) is 9.36 Å². The highest BCUT2D eigenvalue weighted by atomic mass is 32.2. The van der Waals surface area contributed by atoms with Crippen molar-refractivity contribution in [2.75, 3.05) is 37.5 Å². The van der Waals surface area contributed by atoms with Crippen LogP contribution in [0.3, 0.4) is 0 Å². The molecule has 1 saturated carbocycles. The minimum Gasteiger partial charge on any atom is -0.383 e. The molecular formula is C21H31N5O2S. The van der Waals surface area contributed by atoms with Gasteiger partial charge in [-0.15, -0.1) is 10.2 Å². The molecule has 0 spiro atoms. The summed E-state index contributed by atoms with van der Waals surface area (Å²) in [6, 6.07) is 2.71. The van der Waals surface area contributed by atoms with E-state index in [1.54, 1.807) is 7.11 Å². The van der Waals surface area contributed by atoms with E-state index < -0.39 is 0 Å². The third-order valence-electron chi connectivity index (χ3n) is 5.91. The van der Waals surface area contributed by atoms with Crippen LogP contribution in [0, 0.1) is 13.8 Å². The van der Waals surface area contributed by atoms with E-state index in [0.29, 0.717) is 18.4 Å². The van der Waals surface area contributed by atoms with Gasteiger partial charge in [-0.05, 0) is 52.5 Å². The van der Waals surface area contributed by atoms with Gasteiger partial charge >= 0.3 is 0 Å². The first-order valence-electron chi connectivity index (χ1n) is 10.5. The van der Waals surface area contributed by atoms with E-state index >= 15 is 0 Å². The average Bonchev–Trinajstić information content (AvgIpc) is 3.10. The second kappa shape index (κ2) is 8.52. The van der Waals surface area contributed by atoms with Crippen molar-refractivity contribution in [2.24, 2.45) is 0 Å². The molecular weight excluding hydrogens is 386 g/mol. The lowest BCUT2D eigenvalue weighted by molar-refractivity contribution is 0.102. The van der Waals surface area contributed by atoms with Crippen molar-refractivity contribution in [1.29, 1.82) is 0 Å². The summed E-state index contributed by atoms with van der Waals surface area (Å²) < 4.78 is 9.76. The number of rotatable bonds is 9. The SMILES string of the molecule is COCC(C)n1c(C)cc(C(=O)CSc2nnc(N3CCCC3)n2C2CC2)c1C. The Hall–Kier alpha value is -1.80. The van der Waals surface area contributed by atoms with Gasteiger partial charge in [-0.2, -0.15) is 0 Å². The molecule has 29 heavy (non-hydrogen) atoms. The molecule has 0 N–H and O–H groups in total. The molecule has 2 fully saturated rings. The third-order valence-corrected chi connectivity index (χ3v) is 6.86. The van der Waals surface area contributed by atoms with Crippen LogP contribution in [0.15, 0.2) is 11.2 Å². The number of carbonyl (C=O) groups excluding carboxylic acids is 1. The van der Waals surface area contributed by atoms with Gasteiger partial charge in [0.25, 0.3) is 0 Å². The number of ketones is 1. The Kier molecular flexibility index (Phi) is 6.01. The molecule has 1 saturated heterocycles. The van der Waals surface area contributed by atoms with Crippen LogP contribution in [0.5, 0.6) is 0 Å². The van der Waals surface area contributed by atoms with E-state index in [2.05, 4.69) is 38.1 Å². The Balaban J connectivity index is 1.49. The van der Waals surface area contributed by atoms with Crippen molar-refractivity contribution in [3.8, 4) is 0 Å². The zero-order valence-electron chi connectivity index (χ0n) is 17.8. The van der Waals surface area contributed by atoms with Gasteiger partial charge in [-0.1, -0.05) is 11.8 Å². The summed E-state index contributed by atoms with van der Waals surface area (Å²) in [6.45, 7) is 8.93. The van der Waals surface area contributed by atoms with Crippen LogP contribution in [0.25, 0.3) is 0 Å². The smallest absolute Gasteiger partial charge is 0.228 e. The van der Waals surface area contributed by atoms with E-state index in [1.165, 1.54) is 37.4 Å². The summed E-state index contributed by atoms with van der Waals surface area (Å²) in [6.07, 6.45) is 4.79. The summed E-state index contributed by atoms with van der Waals surface area (Å²) in [5.74, 6) is 1.52. The molecule has 1 atom stereocenters. The van der Waals surface area contributed by atoms with Crippen molar-refractivity contribution in [2.45, 2.75) is 63.7 Å². The van der Waals surface area contributed by atoms with Crippen molar-refractivity contribution in [3.63, 3.8) is 0 Å². The van der Waals surface area contributed by atoms with E-state index in [-0.39, 0.29) is 11.8 Å². The predicted octanol–water partition coefficient (Wildman–Crippen LogP) is 3.81. The van der Waals surface area contributed by atoms with Gasteiger partial charge in [0.05, 0.1) is 18.4 Å². The van der Waals surface area contributed by atoms with Crippen molar-refractivity contribution < 1.29 is 9.53 Å². The molecule has 0 aromatic carbocycles. The fraction of sp³-hybridized carbons (Fsp3) is 0.667. The minimum atomic E-state index is 0.145. The molecule has 4 rings (SSSR count). The van der Waals surface area contributed by atoms with E-state index in [9.17, 15) is 4.79 Å². The standard InChI is InChI=1S/C21H31N5O2S/c1-14-11-18(16(3)25(14)15(2)12-28-4)19(27)13-29-21-23-22-20(24-9-5-6-10-24)26(21)17-7-8-17/h11,15,17H,5-10,12-13H2,1-4H3. The largest absolute Gasteiger partial charge is 0.383 e. The first-order valence-corrected chi connectivity index (χ1v) is 11.5. The monoisotopic (exact) mass is 417 g/mol.